The van der Waals surface area contributed by atoms with Crippen LogP contribution in [-0.2, 0) is 4.79 Å². The molecule has 0 aliphatic carbocycles. The number of rotatable bonds is 4. The molecular weight excluding hydrogens is 388 g/mol. The highest BCUT2D eigenvalue weighted by molar-refractivity contribution is 6.33. The Morgan fingerprint density at radius 3 is 2.55 bits per heavy atom. The van der Waals surface area contributed by atoms with Crippen LogP contribution in [0.5, 0.6) is 0 Å². The van der Waals surface area contributed by atoms with Crippen LogP contribution in [-0.4, -0.2) is 59.3 Å². The van der Waals surface area contributed by atoms with Gasteiger partial charge in [0.05, 0.1) is 22.8 Å². The van der Waals surface area contributed by atoms with Gasteiger partial charge in [0.2, 0.25) is 5.91 Å². The molecule has 2 amide bonds. The van der Waals surface area contributed by atoms with Crippen molar-refractivity contribution in [3.05, 3.63) is 71.4 Å². The Kier molecular flexibility index (Phi) is 5.74. The number of nitrogens with zero attached hydrogens (tertiary/aromatic N) is 3. The quantitative estimate of drug-likeness (QED) is 0.719. The van der Waals surface area contributed by atoms with Gasteiger partial charge in [0.15, 0.2) is 0 Å². The van der Waals surface area contributed by atoms with E-state index in [1.165, 1.54) is 0 Å². The highest BCUT2D eigenvalue weighted by Crippen LogP contribution is 2.21. The van der Waals surface area contributed by atoms with Crippen LogP contribution in [0.15, 0.2) is 60.8 Å². The van der Waals surface area contributed by atoms with Crippen molar-refractivity contribution < 1.29 is 9.59 Å². The number of carbonyl (C=O) groups excluding carboxylic acids is 2. The Labute approximate surface area is 174 Å². The lowest BCUT2D eigenvalue weighted by atomic mass is 10.1. The zero-order valence-electron chi connectivity index (χ0n) is 15.8. The van der Waals surface area contributed by atoms with E-state index >= 15 is 0 Å². The number of benzene rings is 2. The average Bonchev–Trinajstić information content (AvgIpc) is 2.75. The highest BCUT2D eigenvalue weighted by atomic mass is 35.5. The van der Waals surface area contributed by atoms with Crippen LogP contribution in [0.25, 0.3) is 10.9 Å². The number of amides is 2. The van der Waals surface area contributed by atoms with E-state index in [0.29, 0.717) is 42.5 Å². The molecule has 0 atom stereocenters. The summed E-state index contributed by atoms with van der Waals surface area (Å²) in [5, 5.41) is 4.21. The Bertz CT molecular complexity index is 1040. The van der Waals surface area contributed by atoms with Crippen molar-refractivity contribution in [1.29, 1.82) is 0 Å². The number of hydrogen-bond donors (Lipinski definition) is 1. The van der Waals surface area contributed by atoms with Gasteiger partial charge in [0.1, 0.15) is 0 Å². The summed E-state index contributed by atoms with van der Waals surface area (Å²) >= 11 is 6.09. The maximum absolute atomic E-state index is 13.0. The molecule has 1 aliphatic heterocycles. The minimum atomic E-state index is -0.113. The number of hydrogen-bond acceptors (Lipinski definition) is 4. The molecule has 0 unspecified atom stereocenters. The SMILES string of the molecule is O=C(CN1CCN(C(=O)c2cccc3ncccc23)CC1)Nc1ccccc1Cl. The highest BCUT2D eigenvalue weighted by Gasteiger charge is 2.24. The fourth-order valence-corrected chi connectivity index (χ4v) is 3.71. The van der Waals surface area contributed by atoms with E-state index in [9.17, 15) is 9.59 Å². The van der Waals surface area contributed by atoms with Crippen molar-refractivity contribution in [2.24, 2.45) is 0 Å². The molecule has 1 aromatic heterocycles. The molecule has 2 heterocycles. The molecule has 0 saturated carbocycles. The van der Waals surface area contributed by atoms with Crippen molar-refractivity contribution in [3.63, 3.8) is 0 Å². The monoisotopic (exact) mass is 408 g/mol. The number of carbonyl (C=O) groups is 2. The summed E-state index contributed by atoms with van der Waals surface area (Å²) in [6, 6.07) is 16.5. The van der Waals surface area contributed by atoms with Gasteiger partial charge in [-0.1, -0.05) is 35.9 Å². The van der Waals surface area contributed by atoms with Gasteiger partial charge in [0.25, 0.3) is 5.91 Å². The van der Waals surface area contributed by atoms with Crippen molar-refractivity contribution in [3.8, 4) is 0 Å². The summed E-state index contributed by atoms with van der Waals surface area (Å²) in [6.07, 6.45) is 1.73. The number of fused-ring (bicyclic) bond motifs is 1. The van der Waals surface area contributed by atoms with Gasteiger partial charge in [-0.3, -0.25) is 19.5 Å². The minimum Gasteiger partial charge on any atom is -0.336 e. The topological polar surface area (TPSA) is 65.5 Å². The van der Waals surface area contributed by atoms with Crippen LogP contribution >= 0.6 is 11.6 Å². The van der Waals surface area contributed by atoms with Crippen LogP contribution in [0, 0.1) is 0 Å². The van der Waals surface area contributed by atoms with Crippen molar-refractivity contribution in [2.45, 2.75) is 0 Å². The number of anilines is 1. The Hall–Kier alpha value is -2.96. The number of pyridine rings is 1. The lowest BCUT2D eigenvalue weighted by molar-refractivity contribution is -0.117. The summed E-state index contributed by atoms with van der Waals surface area (Å²) < 4.78 is 0. The van der Waals surface area contributed by atoms with Crippen LogP contribution in [0.3, 0.4) is 0 Å². The smallest absolute Gasteiger partial charge is 0.254 e. The molecule has 7 heteroatoms. The molecule has 148 valence electrons. The number of nitrogens with one attached hydrogen (secondary N) is 1. The predicted octanol–water partition coefficient (Wildman–Crippen LogP) is 3.28. The Balaban J connectivity index is 1.35. The van der Waals surface area contributed by atoms with Crippen LogP contribution < -0.4 is 5.32 Å². The number of piperazine rings is 1. The molecule has 1 N–H and O–H groups in total. The first-order chi connectivity index (χ1) is 14.1. The number of para-hydroxylation sites is 1. The minimum absolute atomic E-state index is 0.00349. The summed E-state index contributed by atoms with van der Waals surface area (Å²) in [4.78, 5) is 33.5. The largest absolute Gasteiger partial charge is 0.336 e. The zero-order chi connectivity index (χ0) is 20.2. The van der Waals surface area contributed by atoms with E-state index in [-0.39, 0.29) is 18.4 Å². The summed E-state index contributed by atoms with van der Waals surface area (Å²) in [5.41, 5.74) is 2.09. The third-order valence-corrected chi connectivity index (χ3v) is 5.38. The lowest BCUT2D eigenvalue weighted by Crippen LogP contribution is -2.50. The normalized spacial score (nSPS) is 14.7. The molecule has 2 aromatic carbocycles. The van der Waals surface area contributed by atoms with Gasteiger partial charge >= 0.3 is 0 Å². The molecule has 29 heavy (non-hydrogen) atoms. The molecule has 1 fully saturated rings. The first-order valence-corrected chi connectivity index (χ1v) is 9.89. The summed E-state index contributed by atoms with van der Waals surface area (Å²) in [7, 11) is 0. The number of halogens is 1. The predicted molar refractivity (Wildman–Crippen MR) is 114 cm³/mol. The second-order valence-corrected chi connectivity index (χ2v) is 7.38. The van der Waals surface area contributed by atoms with Crippen LogP contribution in [0.1, 0.15) is 10.4 Å². The van der Waals surface area contributed by atoms with Crippen LogP contribution in [0.2, 0.25) is 5.02 Å². The molecule has 6 nitrogen and oxygen atoms in total. The van der Waals surface area contributed by atoms with Gasteiger partial charge in [0, 0.05) is 43.3 Å². The van der Waals surface area contributed by atoms with Crippen molar-refractivity contribution in [2.75, 3.05) is 38.0 Å². The molecule has 1 saturated heterocycles. The molecule has 3 aromatic rings. The fraction of sp³-hybridized carbons (Fsp3) is 0.227. The van der Waals surface area contributed by atoms with E-state index in [4.69, 9.17) is 11.6 Å². The molecule has 0 spiro atoms. The van der Waals surface area contributed by atoms with E-state index in [2.05, 4.69) is 10.3 Å². The summed E-state index contributed by atoms with van der Waals surface area (Å²) in [6.45, 7) is 2.71. The van der Waals surface area contributed by atoms with Gasteiger partial charge in [-0.05, 0) is 30.3 Å². The molecule has 0 radical (unpaired) electrons. The van der Waals surface area contributed by atoms with E-state index < -0.39 is 0 Å². The van der Waals surface area contributed by atoms with E-state index in [1.54, 1.807) is 18.3 Å². The molecule has 0 bridgehead atoms. The van der Waals surface area contributed by atoms with Crippen molar-refractivity contribution >= 4 is 40.0 Å². The number of aromatic nitrogens is 1. The second kappa shape index (κ2) is 8.59. The van der Waals surface area contributed by atoms with Gasteiger partial charge in [-0.25, -0.2) is 0 Å². The summed E-state index contributed by atoms with van der Waals surface area (Å²) in [5.74, 6) is -0.109. The van der Waals surface area contributed by atoms with Gasteiger partial charge < -0.3 is 10.2 Å². The zero-order valence-corrected chi connectivity index (χ0v) is 16.6. The first kappa shape index (κ1) is 19.4. The van der Waals surface area contributed by atoms with Crippen LogP contribution in [0.4, 0.5) is 5.69 Å². The van der Waals surface area contributed by atoms with Gasteiger partial charge in [-0.15, -0.1) is 0 Å². The van der Waals surface area contributed by atoms with E-state index in [0.717, 1.165) is 10.9 Å². The Morgan fingerprint density at radius 2 is 1.76 bits per heavy atom. The van der Waals surface area contributed by atoms with Crippen molar-refractivity contribution in [1.82, 2.24) is 14.8 Å². The lowest BCUT2D eigenvalue weighted by Gasteiger charge is -2.34. The third-order valence-electron chi connectivity index (χ3n) is 5.05. The molecule has 4 rings (SSSR count). The molecule has 1 aliphatic rings. The first-order valence-electron chi connectivity index (χ1n) is 9.51. The molecular formula is C22H21ClN4O2. The van der Waals surface area contributed by atoms with Gasteiger partial charge in [-0.2, -0.15) is 0 Å². The van der Waals surface area contributed by atoms with E-state index in [1.807, 2.05) is 52.3 Å². The second-order valence-electron chi connectivity index (χ2n) is 6.97. The Morgan fingerprint density at radius 1 is 0.966 bits per heavy atom. The standard InChI is InChI=1S/C22H21ClN4O2/c23-18-7-1-2-8-20(18)25-21(28)15-26-11-13-27(14-12-26)22(29)17-5-3-9-19-16(17)6-4-10-24-19/h1-10H,11-15H2,(H,25,28). The third kappa shape index (κ3) is 4.39. The maximum Gasteiger partial charge on any atom is 0.254 e. The average molecular weight is 409 g/mol. The fourth-order valence-electron chi connectivity index (χ4n) is 3.52. The maximum atomic E-state index is 13.0.